The van der Waals surface area contributed by atoms with Crippen LogP contribution < -0.4 is 10.1 Å². The summed E-state index contributed by atoms with van der Waals surface area (Å²) in [4.78, 5) is 12.2. The van der Waals surface area contributed by atoms with E-state index in [4.69, 9.17) is 0 Å². The van der Waals surface area contributed by atoms with E-state index in [-0.39, 0.29) is 17.7 Å². The highest BCUT2D eigenvalue weighted by atomic mass is 79.9. The first-order chi connectivity index (χ1) is 10.9. The van der Waals surface area contributed by atoms with Gasteiger partial charge in [-0.05, 0) is 58.7 Å². The molecule has 1 atom stereocenters. The molecule has 122 valence electrons. The molecule has 2 rings (SSSR count). The Balaban J connectivity index is 2.06. The third kappa shape index (κ3) is 4.72. The van der Waals surface area contributed by atoms with Gasteiger partial charge in [-0.2, -0.15) is 8.78 Å². The van der Waals surface area contributed by atoms with Gasteiger partial charge in [-0.3, -0.25) is 4.79 Å². The molecule has 0 fully saturated rings. The molecule has 2 aromatic carbocycles. The van der Waals surface area contributed by atoms with Gasteiger partial charge in [0.25, 0.3) is 5.91 Å². The zero-order chi connectivity index (χ0) is 17.0. The maximum absolute atomic E-state index is 13.0. The Morgan fingerprint density at radius 1 is 1.17 bits per heavy atom. The number of nitrogens with one attached hydrogen (secondary N) is 1. The molecule has 0 aromatic heterocycles. The van der Waals surface area contributed by atoms with Gasteiger partial charge in [0, 0.05) is 4.47 Å². The number of hydrogen-bond acceptors (Lipinski definition) is 2. The predicted molar refractivity (Wildman–Crippen MR) is 83.1 cm³/mol. The molecule has 1 amide bonds. The molecule has 2 aromatic rings. The molecule has 1 N–H and O–H groups in total. The van der Waals surface area contributed by atoms with E-state index in [1.54, 1.807) is 19.1 Å². The van der Waals surface area contributed by atoms with Crippen molar-refractivity contribution in [3.8, 4) is 5.75 Å². The number of ether oxygens (including phenoxy) is 1. The second-order valence-electron chi connectivity index (χ2n) is 4.77. The lowest BCUT2D eigenvalue weighted by molar-refractivity contribution is -0.0498. The molecule has 0 spiro atoms. The zero-order valence-electron chi connectivity index (χ0n) is 12.0. The van der Waals surface area contributed by atoms with Crippen LogP contribution in [0.2, 0.25) is 0 Å². The summed E-state index contributed by atoms with van der Waals surface area (Å²) in [5, 5.41) is 2.75. The van der Waals surface area contributed by atoms with Gasteiger partial charge < -0.3 is 10.1 Å². The van der Waals surface area contributed by atoms with Crippen molar-refractivity contribution in [3.05, 3.63) is 63.9 Å². The summed E-state index contributed by atoms with van der Waals surface area (Å²) < 4.78 is 41.8. The third-order valence-electron chi connectivity index (χ3n) is 3.13. The SMILES string of the molecule is C[C@@H](NC(=O)c1ccc(F)cc1Br)c1ccc(OC(F)F)cc1. The number of amides is 1. The number of alkyl halides is 2. The molecule has 0 saturated carbocycles. The highest BCUT2D eigenvalue weighted by Crippen LogP contribution is 2.21. The molecular formula is C16H13BrF3NO2. The van der Waals surface area contributed by atoms with Crippen LogP contribution in [0.3, 0.4) is 0 Å². The Kier molecular flexibility index (Phi) is 5.65. The van der Waals surface area contributed by atoms with Gasteiger partial charge in [0.2, 0.25) is 0 Å². The van der Waals surface area contributed by atoms with E-state index in [1.807, 2.05) is 0 Å². The van der Waals surface area contributed by atoms with Crippen LogP contribution in [0.5, 0.6) is 5.75 Å². The third-order valence-corrected chi connectivity index (χ3v) is 3.78. The summed E-state index contributed by atoms with van der Waals surface area (Å²) in [6, 6.07) is 9.39. The lowest BCUT2D eigenvalue weighted by Crippen LogP contribution is -2.27. The van der Waals surface area contributed by atoms with Crippen LogP contribution in [0.25, 0.3) is 0 Å². The van der Waals surface area contributed by atoms with Crippen molar-refractivity contribution >= 4 is 21.8 Å². The Hall–Kier alpha value is -2.02. The van der Waals surface area contributed by atoms with Gasteiger partial charge >= 0.3 is 6.61 Å². The molecule has 0 unspecified atom stereocenters. The summed E-state index contributed by atoms with van der Waals surface area (Å²) in [6.45, 7) is -1.13. The number of rotatable bonds is 5. The van der Waals surface area contributed by atoms with E-state index in [0.29, 0.717) is 10.0 Å². The largest absolute Gasteiger partial charge is 0.435 e. The van der Waals surface area contributed by atoms with E-state index >= 15 is 0 Å². The molecule has 0 radical (unpaired) electrons. The summed E-state index contributed by atoms with van der Waals surface area (Å²) in [5.74, 6) is -0.781. The molecule has 0 saturated heterocycles. The van der Waals surface area contributed by atoms with Crippen molar-refractivity contribution in [2.45, 2.75) is 19.6 Å². The minimum Gasteiger partial charge on any atom is -0.435 e. The number of benzene rings is 2. The van der Waals surface area contributed by atoms with Crippen molar-refractivity contribution in [2.24, 2.45) is 0 Å². The average Bonchev–Trinajstić information content (AvgIpc) is 2.47. The fourth-order valence-electron chi connectivity index (χ4n) is 1.97. The molecule has 0 aliphatic heterocycles. The lowest BCUT2D eigenvalue weighted by atomic mass is 10.1. The second kappa shape index (κ2) is 7.50. The molecule has 3 nitrogen and oxygen atoms in total. The Morgan fingerprint density at radius 2 is 1.83 bits per heavy atom. The van der Waals surface area contributed by atoms with Crippen LogP contribution in [-0.4, -0.2) is 12.5 Å². The quantitative estimate of drug-likeness (QED) is 0.808. The van der Waals surface area contributed by atoms with E-state index in [2.05, 4.69) is 26.0 Å². The highest BCUT2D eigenvalue weighted by Gasteiger charge is 2.15. The summed E-state index contributed by atoms with van der Waals surface area (Å²) in [7, 11) is 0. The summed E-state index contributed by atoms with van der Waals surface area (Å²) in [5.41, 5.74) is 1.02. The molecule has 0 bridgehead atoms. The average molecular weight is 388 g/mol. The van der Waals surface area contributed by atoms with Crippen molar-refractivity contribution < 1.29 is 22.7 Å². The van der Waals surface area contributed by atoms with Crippen LogP contribution in [0.1, 0.15) is 28.9 Å². The van der Waals surface area contributed by atoms with Crippen LogP contribution >= 0.6 is 15.9 Å². The van der Waals surface area contributed by atoms with Gasteiger partial charge in [-0.1, -0.05) is 12.1 Å². The molecule has 0 aliphatic rings. The van der Waals surface area contributed by atoms with Gasteiger partial charge in [-0.25, -0.2) is 4.39 Å². The van der Waals surface area contributed by atoms with E-state index in [0.717, 1.165) is 5.56 Å². The Morgan fingerprint density at radius 3 is 2.39 bits per heavy atom. The van der Waals surface area contributed by atoms with Crippen molar-refractivity contribution in [1.29, 1.82) is 0 Å². The Bertz CT molecular complexity index is 692. The standard InChI is InChI=1S/C16H13BrF3NO2/c1-9(10-2-5-12(6-3-10)23-16(19)20)21-15(22)13-7-4-11(18)8-14(13)17/h2-9,16H,1H3,(H,21,22)/t9-/m1/s1. The van der Waals surface area contributed by atoms with E-state index in [9.17, 15) is 18.0 Å². The monoisotopic (exact) mass is 387 g/mol. The minimum absolute atomic E-state index is 0.0450. The number of carbonyl (C=O) groups excluding carboxylic acids is 1. The van der Waals surface area contributed by atoms with Crippen molar-refractivity contribution in [1.82, 2.24) is 5.32 Å². The highest BCUT2D eigenvalue weighted by molar-refractivity contribution is 9.10. The minimum atomic E-state index is -2.88. The zero-order valence-corrected chi connectivity index (χ0v) is 13.6. The number of carbonyl (C=O) groups is 1. The predicted octanol–water partition coefficient (Wildman–Crippen LogP) is 4.68. The molecule has 0 aliphatic carbocycles. The van der Waals surface area contributed by atoms with E-state index < -0.39 is 12.4 Å². The van der Waals surface area contributed by atoms with Gasteiger partial charge in [0.15, 0.2) is 0 Å². The molecular weight excluding hydrogens is 375 g/mol. The van der Waals surface area contributed by atoms with Crippen molar-refractivity contribution in [3.63, 3.8) is 0 Å². The number of halogens is 4. The van der Waals surface area contributed by atoms with Gasteiger partial charge in [0.05, 0.1) is 11.6 Å². The first-order valence-electron chi connectivity index (χ1n) is 6.67. The van der Waals surface area contributed by atoms with Crippen LogP contribution in [0.15, 0.2) is 46.9 Å². The normalized spacial score (nSPS) is 12.1. The second-order valence-corrected chi connectivity index (χ2v) is 5.62. The van der Waals surface area contributed by atoms with Gasteiger partial charge in [-0.15, -0.1) is 0 Å². The maximum Gasteiger partial charge on any atom is 0.387 e. The van der Waals surface area contributed by atoms with Crippen LogP contribution in [0.4, 0.5) is 13.2 Å². The molecule has 23 heavy (non-hydrogen) atoms. The van der Waals surface area contributed by atoms with Crippen molar-refractivity contribution in [2.75, 3.05) is 0 Å². The fraction of sp³-hybridized carbons (Fsp3) is 0.188. The van der Waals surface area contributed by atoms with E-state index in [1.165, 1.54) is 30.3 Å². The fourth-order valence-corrected chi connectivity index (χ4v) is 2.50. The first kappa shape index (κ1) is 17.3. The first-order valence-corrected chi connectivity index (χ1v) is 7.47. The van der Waals surface area contributed by atoms with Crippen LogP contribution in [0, 0.1) is 5.82 Å². The summed E-state index contributed by atoms with van der Waals surface area (Å²) in [6.07, 6.45) is 0. The smallest absolute Gasteiger partial charge is 0.387 e. The summed E-state index contributed by atoms with van der Waals surface area (Å²) >= 11 is 3.14. The Labute approximate surface area is 139 Å². The maximum atomic E-state index is 13.0. The lowest BCUT2D eigenvalue weighted by Gasteiger charge is -2.15. The molecule has 0 heterocycles. The van der Waals surface area contributed by atoms with Gasteiger partial charge in [0.1, 0.15) is 11.6 Å². The topological polar surface area (TPSA) is 38.3 Å². The van der Waals surface area contributed by atoms with Crippen LogP contribution in [-0.2, 0) is 0 Å². The number of hydrogen-bond donors (Lipinski definition) is 1. The molecule has 7 heteroatoms.